The van der Waals surface area contributed by atoms with Crippen LogP contribution in [-0.4, -0.2) is 49.8 Å². The Kier molecular flexibility index (Phi) is 4.76. The first-order valence-electron chi connectivity index (χ1n) is 10.1. The average Bonchev–Trinajstić information content (AvgIpc) is 3.40. The van der Waals surface area contributed by atoms with E-state index in [1.807, 2.05) is 53.2 Å². The van der Waals surface area contributed by atoms with E-state index in [2.05, 4.69) is 15.3 Å². The first-order chi connectivity index (χ1) is 15.1. The minimum atomic E-state index is -0.457. The SMILES string of the molecule is O=C(Nc1ccc(-c2cn(-c3ccccc3)c3nc[nH]c(=O)c23)cc1)N1CCC(O)C1. The maximum atomic E-state index is 12.6. The summed E-state index contributed by atoms with van der Waals surface area (Å²) in [6, 6.07) is 16.8. The monoisotopic (exact) mass is 415 g/mol. The molecule has 3 heterocycles. The number of β-amino-alcohol motifs (C(OH)–C–C–N with tert-alkyl or cyclic N) is 1. The summed E-state index contributed by atoms with van der Waals surface area (Å²) in [6.45, 7) is 0.887. The van der Waals surface area contributed by atoms with Gasteiger partial charge >= 0.3 is 6.03 Å². The third kappa shape index (κ3) is 3.57. The second kappa shape index (κ2) is 7.73. The van der Waals surface area contributed by atoms with Crippen molar-refractivity contribution in [3.8, 4) is 16.8 Å². The van der Waals surface area contributed by atoms with E-state index in [1.54, 1.807) is 17.0 Å². The summed E-state index contributed by atoms with van der Waals surface area (Å²) in [5.74, 6) is 0. The van der Waals surface area contributed by atoms with Crippen LogP contribution in [0.25, 0.3) is 27.8 Å². The van der Waals surface area contributed by atoms with Crippen molar-refractivity contribution in [2.24, 2.45) is 0 Å². The Hall–Kier alpha value is -3.91. The van der Waals surface area contributed by atoms with E-state index in [9.17, 15) is 14.7 Å². The van der Waals surface area contributed by atoms with Crippen LogP contribution < -0.4 is 10.9 Å². The van der Waals surface area contributed by atoms with Gasteiger partial charge in [-0.2, -0.15) is 0 Å². The smallest absolute Gasteiger partial charge is 0.321 e. The molecular weight excluding hydrogens is 394 g/mol. The van der Waals surface area contributed by atoms with Gasteiger partial charge in [-0.3, -0.25) is 4.79 Å². The van der Waals surface area contributed by atoms with Gasteiger partial charge in [0, 0.05) is 36.2 Å². The summed E-state index contributed by atoms with van der Waals surface area (Å²) < 4.78 is 1.90. The molecule has 3 N–H and O–H groups in total. The predicted octanol–water partition coefficient (Wildman–Crippen LogP) is 2.98. The molecule has 0 spiro atoms. The molecule has 1 atom stereocenters. The van der Waals surface area contributed by atoms with Gasteiger partial charge < -0.3 is 24.9 Å². The van der Waals surface area contributed by atoms with Crippen LogP contribution in [0.2, 0.25) is 0 Å². The number of aromatic amines is 1. The normalized spacial score (nSPS) is 16.0. The number of likely N-dealkylation sites (tertiary alicyclic amines) is 1. The van der Waals surface area contributed by atoms with Crippen molar-refractivity contribution in [2.45, 2.75) is 12.5 Å². The van der Waals surface area contributed by atoms with E-state index >= 15 is 0 Å². The fraction of sp³-hybridized carbons (Fsp3) is 0.174. The van der Waals surface area contributed by atoms with Crippen LogP contribution in [0.1, 0.15) is 6.42 Å². The fourth-order valence-electron chi connectivity index (χ4n) is 3.94. The summed E-state index contributed by atoms with van der Waals surface area (Å²) in [7, 11) is 0. The Labute approximate surface area is 177 Å². The number of aliphatic hydroxyl groups excluding tert-OH is 1. The summed E-state index contributed by atoms with van der Waals surface area (Å²) in [5.41, 5.74) is 3.53. The molecule has 0 saturated carbocycles. The highest BCUT2D eigenvalue weighted by molar-refractivity contribution is 5.95. The first kappa shape index (κ1) is 19.1. The van der Waals surface area contributed by atoms with Gasteiger partial charge in [0.1, 0.15) is 0 Å². The van der Waals surface area contributed by atoms with Crippen molar-refractivity contribution < 1.29 is 9.90 Å². The van der Waals surface area contributed by atoms with Crippen LogP contribution in [0.15, 0.2) is 71.9 Å². The van der Waals surface area contributed by atoms with Gasteiger partial charge in [0.15, 0.2) is 5.65 Å². The number of para-hydroxylation sites is 1. The van der Waals surface area contributed by atoms with E-state index in [0.29, 0.717) is 36.2 Å². The van der Waals surface area contributed by atoms with Gasteiger partial charge in [0.05, 0.1) is 17.8 Å². The lowest BCUT2D eigenvalue weighted by atomic mass is 10.1. The van der Waals surface area contributed by atoms with Gasteiger partial charge in [-0.15, -0.1) is 0 Å². The molecule has 156 valence electrons. The van der Waals surface area contributed by atoms with Crippen LogP contribution in [0.5, 0.6) is 0 Å². The first-order valence-corrected chi connectivity index (χ1v) is 10.1. The Morgan fingerprint density at radius 1 is 1.13 bits per heavy atom. The van der Waals surface area contributed by atoms with Gasteiger partial charge in [-0.1, -0.05) is 30.3 Å². The van der Waals surface area contributed by atoms with Crippen LogP contribution in [-0.2, 0) is 0 Å². The van der Waals surface area contributed by atoms with Crippen LogP contribution in [0.3, 0.4) is 0 Å². The van der Waals surface area contributed by atoms with Gasteiger partial charge in [0.2, 0.25) is 0 Å². The number of nitrogens with one attached hydrogen (secondary N) is 2. The molecule has 2 aromatic carbocycles. The second-order valence-electron chi connectivity index (χ2n) is 7.57. The highest BCUT2D eigenvalue weighted by Gasteiger charge is 2.24. The minimum Gasteiger partial charge on any atom is -0.391 e. The predicted molar refractivity (Wildman–Crippen MR) is 118 cm³/mol. The maximum absolute atomic E-state index is 12.6. The Morgan fingerprint density at radius 3 is 2.61 bits per heavy atom. The lowest BCUT2D eigenvalue weighted by molar-refractivity contribution is 0.176. The van der Waals surface area contributed by atoms with E-state index in [4.69, 9.17) is 0 Å². The zero-order valence-electron chi connectivity index (χ0n) is 16.7. The molecule has 8 heteroatoms. The maximum Gasteiger partial charge on any atom is 0.321 e. The lowest BCUT2D eigenvalue weighted by Gasteiger charge is -2.16. The number of hydrogen-bond donors (Lipinski definition) is 3. The number of benzene rings is 2. The molecule has 4 aromatic rings. The number of urea groups is 1. The Morgan fingerprint density at radius 2 is 1.90 bits per heavy atom. The Balaban J connectivity index is 1.48. The van der Waals surface area contributed by atoms with Crippen molar-refractivity contribution in [3.63, 3.8) is 0 Å². The number of carbonyl (C=O) groups is 1. The second-order valence-corrected chi connectivity index (χ2v) is 7.57. The number of hydrogen-bond acceptors (Lipinski definition) is 4. The van der Waals surface area contributed by atoms with Crippen molar-refractivity contribution in [2.75, 3.05) is 18.4 Å². The van der Waals surface area contributed by atoms with Gasteiger partial charge in [-0.25, -0.2) is 9.78 Å². The molecule has 0 bridgehead atoms. The highest BCUT2D eigenvalue weighted by Crippen LogP contribution is 2.30. The average molecular weight is 415 g/mol. The quantitative estimate of drug-likeness (QED) is 0.479. The molecule has 1 aliphatic rings. The van der Waals surface area contributed by atoms with Crippen molar-refractivity contribution in [1.29, 1.82) is 0 Å². The van der Waals surface area contributed by atoms with Gasteiger partial charge in [-0.05, 0) is 36.2 Å². The highest BCUT2D eigenvalue weighted by atomic mass is 16.3. The topological polar surface area (TPSA) is 103 Å². The van der Waals surface area contributed by atoms with Crippen molar-refractivity contribution >= 4 is 22.8 Å². The number of rotatable bonds is 3. The molecule has 5 rings (SSSR count). The van der Waals surface area contributed by atoms with E-state index in [0.717, 1.165) is 16.8 Å². The van der Waals surface area contributed by atoms with Crippen LogP contribution in [0.4, 0.5) is 10.5 Å². The number of anilines is 1. The van der Waals surface area contributed by atoms with E-state index in [1.165, 1.54) is 6.33 Å². The van der Waals surface area contributed by atoms with Crippen LogP contribution >= 0.6 is 0 Å². The summed E-state index contributed by atoms with van der Waals surface area (Å²) in [6.07, 6.45) is 3.45. The van der Waals surface area contributed by atoms with E-state index < -0.39 is 6.10 Å². The summed E-state index contributed by atoms with van der Waals surface area (Å²) in [4.78, 5) is 33.6. The molecule has 0 radical (unpaired) electrons. The summed E-state index contributed by atoms with van der Waals surface area (Å²) >= 11 is 0. The zero-order chi connectivity index (χ0) is 21.4. The van der Waals surface area contributed by atoms with Crippen molar-refractivity contribution in [3.05, 3.63) is 77.5 Å². The molecule has 2 aromatic heterocycles. The fourth-order valence-corrected chi connectivity index (χ4v) is 3.94. The molecule has 8 nitrogen and oxygen atoms in total. The van der Waals surface area contributed by atoms with Crippen LogP contribution in [0, 0.1) is 0 Å². The molecule has 0 aliphatic carbocycles. The third-order valence-electron chi connectivity index (χ3n) is 5.52. The molecular formula is C23H21N5O3. The van der Waals surface area contributed by atoms with Crippen molar-refractivity contribution in [1.82, 2.24) is 19.4 Å². The largest absolute Gasteiger partial charge is 0.391 e. The molecule has 2 amide bonds. The third-order valence-corrected chi connectivity index (χ3v) is 5.52. The number of aromatic nitrogens is 3. The molecule has 1 saturated heterocycles. The molecule has 1 aliphatic heterocycles. The lowest BCUT2D eigenvalue weighted by Crippen LogP contribution is -2.33. The standard InChI is InChI=1S/C23H21N5O3/c29-18-10-11-27(12-18)23(31)26-16-8-6-15(7-9-16)19-13-28(17-4-2-1-3-5-17)21-20(19)22(30)25-14-24-21/h1-9,13-14,18,29H,10-12H2,(H,26,31)(H,24,25,30). The number of nitrogens with zero attached hydrogens (tertiary/aromatic N) is 3. The number of amides is 2. The number of H-pyrrole nitrogens is 1. The molecule has 1 unspecified atom stereocenters. The van der Waals surface area contributed by atoms with E-state index in [-0.39, 0.29) is 11.6 Å². The summed E-state index contributed by atoms with van der Waals surface area (Å²) in [5, 5.41) is 13.0. The van der Waals surface area contributed by atoms with Gasteiger partial charge in [0.25, 0.3) is 5.56 Å². The number of aliphatic hydroxyl groups is 1. The molecule has 1 fully saturated rings. The molecule has 31 heavy (non-hydrogen) atoms. The number of fused-ring (bicyclic) bond motifs is 1. The minimum absolute atomic E-state index is 0.209. The number of carbonyl (C=O) groups excluding carboxylic acids is 1. The zero-order valence-corrected chi connectivity index (χ0v) is 16.7. The Bertz CT molecular complexity index is 1290.